The minimum Gasteiger partial charge on any atom is -0.357 e. The molecule has 3 heteroatoms. The van der Waals surface area contributed by atoms with Crippen molar-refractivity contribution in [3.05, 3.63) is 29.8 Å². The first-order valence-electron chi connectivity index (χ1n) is 5.54. The van der Waals surface area contributed by atoms with Crippen LogP contribution in [0.3, 0.4) is 0 Å². The van der Waals surface area contributed by atoms with E-state index in [2.05, 4.69) is 53.5 Å². The predicted molar refractivity (Wildman–Crippen MR) is 62.0 cm³/mol. The van der Waals surface area contributed by atoms with Gasteiger partial charge in [0, 0.05) is 25.8 Å². The summed E-state index contributed by atoms with van der Waals surface area (Å²) in [6, 6.07) is 9.23. The molecule has 2 aliphatic heterocycles. The van der Waals surface area contributed by atoms with Crippen molar-refractivity contribution in [2.24, 2.45) is 0 Å². The van der Waals surface area contributed by atoms with E-state index in [1.165, 1.54) is 11.3 Å². The molecule has 1 fully saturated rings. The Morgan fingerprint density at radius 1 is 1.27 bits per heavy atom. The normalized spacial score (nSPS) is 30.1. The number of nitrogens with zero attached hydrogens (tertiary/aromatic N) is 2. The van der Waals surface area contributed by atoms with Gasteiger partial charge in [-0.05, 0) is 18.7 Å². The van der Waals surface area contributed by atoms with E-state index in [1.54, 1.807) is 0 Å². The van der Waals surface area contributed by atoms with Gasteiger partial charge in [-0.3, -0.25) is 10.2 Å². The smallest absolute Gasteiger partial charge is 0.0994 e. The van der Waals surface area contributed by atoms with Crippen LogP contribution in [0.25, 0.3) is 0 Å². The fourth-order valence-corrected chi connectivity index (χ4v) is 2.85. The van der Waals surface area contributed by atoms with Crippen LogP contribution >= 0.6 is 0 Å². The first-order chi connectivity index (χ1) is 7.29. The summed E-state index contributed by atoms with van der Waals surface area (Å²) in [5.74, 6) is 0. The lowest BCUT2D eigenvalue weighted by molar-refractivity contribution is 0.162. The van der Waals surface area contributed by atoms with Gasteiger partial charge in [-0.15, -0.1) is 0 Å². The van der Waals surface area contributed by atoms with Gasteiger partial charge in [0.05, 0.1) is 12.2 Å². The van der Waals surface area contributed by atoms with Crippen molar-refractivity contribution in [2.75, 3.05) is 32.1 Å². The second kappa shape index (κ2) is 3.22. The predicted octanol–water partition coefficient (Wildman–Crippen LogP) is 1.04. The molecule has 1 aromatic rings. The Morgan fingerprint density at radius 3 is 2.93 bits per heavy atom. The topological polar surface area (TPSA) is 18.5 Å². The molecule has 0 saturated carbocycles. The molecule has 2 unspecified atom stereocenters. The molecule has 15 heavy (non-hydrogen) atoms. The lowest BCUT2D eigenvalue weighted by Crippen LogP contribution is -2.54. The molecule has 1 N–H and O–H groups in total. The summed E-state index contributed by atoms with van der Waals surface area (Å²) in [5.41, 5.74) is 2.83. The van der Waals surface area contributed by atoms with Crippen LogP contribution in [-0.4, -0.2) is 38.3 Å². The maximum Gasteiger partial charge on any atom is 0.0994 e. The maximum atomic E-state index is 3.59. The van der Waals surface area contributed by atoms with Crippen LogP contribution < -0.4 is 10.2 Å². The van der Waals surface area contributed by atoms with Crippen LogP contribution in [0, 0.1) is 0 Å². The third-order valence-corrected chi connectivity index (χ3v) is 3.64. The summed E-state index contributed by atoms with van der Waals surface area (Å²) < 4.78 is 0. The number of benzene rings is 1. The van der Waals surface area contributed by atoms with Crippen molar-refractivity contribution < 1.29 is 0 Å². The number of hydrogen-bond acceptors (Lipinski definition) is 3. The summed E-state index contributed by atoms with van der Waals surface area (Å²) in [6.45, 7) is 2.21. The highest BCUT2D eigenvalue weighted by atomic mass is 15.4. The molecule has 0 spiro atoms. The van der Waals surface area contributed by atoms with Crippen molar-refractivity contribution in [2.45, 2.75) is 12.2 Å². The fourth-order valence-electron chi connectivity index (χ4n) is 2.85. The molecule has 2 heterocycles. The molecule has 0 radical (unpaired) electrons. The quantitative estimate of drug-likeness (QED) is 0.679. The first kappa shape index (κ1) is 9.19. The highest BCUT2D eigenvalue weighted by molar-refractivity contribution is 5.61. The van der Waals surface area contributed by atoms with Gasteiger partial charge in [-0.2, -0.15) is 0 Å². The zero-order chi connectivity index (χ0) is 10.4. The zero-order valence-electron chi connectivity index (χ0n) is 9.27. The van der Waals surface area contributed by atoms with Crippen LogP contribution in [0.5, 0.6) is 0 Å². The van der Waals surface area contributed by atoms with Crippen molar-refractivity contribution in [3.63, 3.8) is 0 Å². The molecular weight excluding hydrogens is 186 g/mol. The Labute approximate surface area is 90.7 Å². The molecule has 0 bridgehead atoms. The standard InChI is InChI=1S/C12H17N3/c1-14-8-7-13-12-11(14)9-5-3-4-6-10(9)15(12)2/h3-6,11-13H,7-8H2,1-2H3. The molecular formula is C12H17N3. The first-order valence-corrected chi connectivity index (χ1v) is 5.54. The third-order valence-electron chi connectivity index (χ3n) is 3.64. The number of likely N-dealkylation sites (N-methyl/N-ethyl adjacent to an activating group) is 2. The van der Waals surface area contributed by atoms with Crippen LogP contribution in [0.15, 0.2) is 24.3 Å². The SMILES string of the molecule is CN1CCNC2C1c1ccccc1N2C. The second-order valence-electron chi connectivity index (χ2n) is 4.49. The highest BCUT2D eigenvalue weighted by Gasteiger charge is 2.40. The van der Waals surface area contributed by atoms with Crippen LogP contribution in [0.2, 0.25) is 0 Å². The van der Waals surface area contributed by atoms with E-state index in [9.17, 15) is 0 Å². The molecule has 0 aliphatic carbocycles. The lowest BCUT2D eigenvalue weighted by Gasteiger charge is -2.38. The van der Waals surface area contributed by atoms with Crippen molar-refractivity contribution in [1.82, 2.24) is 10.2 Å². The Hall–Kier alpha value is -1.06. The fraction of sp³-hybridized carbons (Fsp3) is 0.500. The van der Waals surface area contributed by atoms with E-state index >= 15 is 0 Å². The van der Waals surface area contributed by atoms with Gasteiger partial charge in [-0.25, -0.2) is 0 Å². The number of fused-ring (bicyclic) bond motifs is 3. The largest absolute Gasteiger partial charge is 0.357 e. The molecule has 1 aromatic carbocycles. The molecule has 80 valence electrons. The third kappa shape index (κ3) is 1.20. The summed E-state index contributed by atoms with van der Waals surface area (Å²) in [5, 5.41) is 3.59. The minimum atomic E-state index is 0.446. The van der Waals surface area contributed by atoms with Crippen LogP contribution in [0.4, 0.5) is 5.69 Å². The molecule has 0 amide bonds. The molecule has 2 aliphatic rings. The molecule has 0 aromatic heterocycles. The molecule has 1 saturated heterocycles. The Bertz CT molecular complexity index is 377. The average molecular weight is 203 g/mol. The number of piperazine rings is 1. The summed E-state index contributed by atoms with van der Waals surface area (Å²) in [7, 11) is 4.39. The van der Waals surface area contributed by atoms with Crippen molar-refractivity contribution in [1.29, 1.82) is 0 Å². The van der Waals surface area contributed by atoms with E-state index in [4.69, 9.17) is 0 Å². The summed E-state index contributed by atoms with van der Waals surface area (Å²) >= 11 is 0. The monoisotopic (exact) mass is 203 g/mol. The van der Waals surface area contributed by atoms with Gasteiger partial charge < -0.3 is 4.90 Å². The Kier molecular flexibility index (Phi) is 1.97. The van der Waals surface area contributed by atoms with Crippen molar-refractivity contribution >= 4 is 5.69 Å². The minimum absolute atomic E-state index is 0.446. The van der Waals surface area contributed by atoms with Gasteiger partial charge in [0.2, 0.25) is 0 Å². The summed E-state index contributed by atoms with van der Waals surface area (Å²) in [6.07, 6.45) is 0.446. The van der Waals surface area contributed by atoms with Crippen LogP contribution in [0.1, 0.15) is 11.6 Å². The van der Waals surface area contributed by atoms with E-state index in [0.717, 1.165) is 13.1 Å². The van der Waals surface area contributed by atoms with Gasteiger partial charge in [-0.1, -0.05) is 18.2 Å². The van der Waals surface area contributed by atoms with Gasteiger partial charge in [0.25, 0.3) is 0 Å². The lowest BCUT2D eigenvalue weighted by atomic mass is 10.0. The van der Waals surface area contributed by atoms with Crippen LogP contribution in [-0.2, 0) is 0 Å². The Balaban J connectivity index is 2.08. The number of rotatable bonds is 0. The average Bonchev–Trinajstić information content (AvgIpc) is 2.55. The van der Waals surface area contributed by atoms with Gasteiger partial charge >= 0.3 is 0 Å². The van der Waals surface area contributed by atoms with Gasteiger partial charge in [0.15, 0.2) is 0 Å². The second-order valence-corrected chi connectivity index (χ2v) is 4.49. The number of hydrogen-bond donors (Lipinski definition) is 1. The number of para-hydroxylation sites is 1. The number of anilines is 1. The van der Waals surface area contributed by atoms with Gasteiger partial charge in [0.1, 0.15) is 0 Å². The highest BCUT2D eigenvalue weighted by Crippen LogP contribution is 2.41. The van der Waals surface area contributed by atoms with E-state index < -0.39 is 0 Å². The molecule has 2 atom stereocenters. The Morgan fingerprint density at radius 2 is 2.07 bits per heavy atom. The number of nitrogens with one attached hydrogen (secondary N) is 1. The van der Waals surface area contributed by atoms with E-state index in [0.29, 0.717) is 12.2 Å². The summed E-state index contributed by atoms with van der Waals surface area (Å²) in [4.78, 5) is 4.80. The van der Waals surface area contributed by atoms with Crippen molar-refractivity contribution in [3.8, 4) is 0 Å². The molecule has 3 rings (SSSR count). The van der Waals surface area contributed by atoms with E-state index in [1.807, 2.05) is 0 Å². The molecule has 3 nitrogen and oxygen atoms in total. The maximum absolute atomic E-state index is 3.59. The zero-order valence-corrected chi connectivity index (χ0v) is 9.27. The van der Waals surface area contributed by atoms with E-state index in [-0.39, 0.29) is 0 Å².